The molecule has 0 saturated carbocycles. The summed E-state index contributed by atoms with van der Waals surface area (Å²) in [6.45, 7) is 14.2. The van der Waals surface area contributed by atoms with Crippen molar-refractivity contribution < 1.29 is 43.5 Å². The highest BCUT2D eigenvalue weighted by Gasteiger charge is 2.45. The average Bonchev–Trinajstić information content (AvgIpc) is 2.68. The van der Waals surface area contributed by atoms with Crippen molar-refractivity contribution in [3.05, 3.63) is 0 Å². The molecule has 0 bridgehead atoms. The fraction of sp³-hybridized carbons (Fsp3) is 0.875. The van der Waals surface area contributed by atoms with Gasteiger partial charge >= 0.3 is 0 Å². The Morgan fingerprint density at radius 1 is 1.06 bits per heavy atom. The van der Waals surface area contributed by atoms with Gasteiger partial charge in [-0.15, -0.1) is 0 Å². The molecule has 0 radical (unpaired) electrons. The molecule has 0 spiro atoms. The van der Waals surface area contributed by atoms with Gasteiger partial charge in [0.15, 0.2) is 18.4 Å². The number of ether oxygens (including phenoxy) is 4. The van der Waals surface area contributed by atoms with Crippen LogP contribution >= 0.6 is 0 Å². The summed E-state index contributed by atoms with van der Waals surface area (Å²) in [5.74, 6) is -1.10. The molecule has 12 heteroatoms. The Morgan fingerprint density at radius 3 is 2.11 bits per heavy atom. The number of carbonyl (C=O) groups excluding carboxylic acids is 3. The highest BCUT2D eigenvalue weighted by Crippen LogP contribution is 2.27. The zero-order chi connectivity index (χ0) is 28.0. The topological polar surface area (TPSA) is 179 Å². The zero-order valence-corrected chi connectivity index (χ0v) is 22.9. The molecular formula is C24H45N3O9. The minimum Gasteiger partial charge on any atom is -0.388 e. The standard InChI is InChI=1S/C24H45N3O9/c1-12(28)13(2)34-21(36-24(8,9)11-23(6,7)25)17(26-15(4)29)10-33-22-18(27-16(5)30)20(32)19(31)14(3)35-22/h13-14,17-22,31-32H,10-11,25H2,1-9H3,(H,26,29)(H,27,30)/t13?,14?,17-,18?,19?,20?,21?,22?/m0/s1. The van der Waals surface area contributed by atoms with E-state index in [1.165, 1.54) is 20.8 Å². The van der Waals surface area contributed by atoms with Crippen molar-refractivity contribution in [1.29, 1.82) is 0 Å². The summed E-state index contributed by atoms with van der Waals surface area (Å²) < 4.78 is 23.7. The Labute approximate surface area is 213 Å². The molecule has 0 aromatic heterocycles. The molecule has 12 nitrogen and oxygen atoms in total. The number of aliphatic hydroxyl groups is 2. The Kier molecular flexibility index (Phi) is 11.9. The third-order valence-electron chi connectivity index (χ3n) is 5.60. The summed E-state index contributed by atoms with van der Waals surface area (Å²) in [5.41, 5.74) is 4.80. The molecule has 1 rings (SSSR count). The lowest BCUT2D eigenvalue weighted by Crippen LogP contribution is -2.64. The van der Waals surface area contributed by atoms with Gasteiger partial charge in [0.1, 0.15) is 30.4 Å². The molecule has 1 fully saturated rings. The maximum atomic E-state index is 12.1. The van der Waals surface area contributed by atoms with Crippen molar-refractivity contribution in [3.63, 3.8) is 0 Å². The third kappa shape index (κ3) is 10.8. The molecular weight excluding hydrogens is 474 g/mol. The van der Waals surface area contributed by atoms with Crippen LogP contribution in [0.5, 0.6) is 0 Å². The molecule has 8 atom stereocenters. The van der Waals surface area contributed by atoms with Gasteiger partial charge in [-0.3, -0.25) is 14.4 Å². The van der Waals surface area contributed by atoms with E-state index >= 15 is 0 Å². The lowest BCUT2D eigenvalue weighted by molar-refractivity contribution is -0.274. The Hall–Kier alpha value is -1.67. The zero-order valence-electron chi connectivity index (χ0n) is 22.9. The molecule has 7 unspecified atom stereocenters. The van der Waals surface area contributed by atoms with Crippen LogP contribution in [0.15, 0.2) is 0 Å². The number of aliphatic hydroxyl groups excluding tert-OH is 2. The Balaban J connectivity index is 3.21. The normalized spacial score (nSPS) is 27.6. The van der Waals surface area contributed by atoms with Crippen molar-refractivity contribution in [1.82, 2.24) is 10.6 Å². The van der Waals surface area contributed by atoms with Crippen LogP contribution < -0.4 is 16.4 Å². The van der Waals surface area contributed by atoms with E-state index in [-0.39, 0.29) is 12.4 Å². The molecule has 210 valence electrons. The van der Waals surface area contributed by atoms with Crippen LogP contribution in [0.2, 0.25) is 0 Å². The first-order valence-corrected chi connectivity index (χ1v) is 12.1. The number of carbonyl (C=O) groups is 3. The second-order valence-corrected chi connectivity index (χ2v) is 10.9. The minimum atomic E-state index is -1.35. The van der Waals surface area contributed by atoms with Gasteiger partial charge in [-0.05, 0) is 54.9 Å². The van der Waals surface area contributed by atoms with E-state index in [0.717, 1.165) is 0 Å². The quantitative estimate of drug-likeness (QED) is 0.203. The van der Waals surface area contributed by atoms with E-state index in [9.17, 15) is 24.6 Å². The summed E-state index contributed by atoms with van der Waals surface area (Å²) in [7, 11) is 0. The van der Waals surface area contributed by atoms with Gasteiger partial charge in [0.05, 0.1) is 18.3 Å². The van der Waals surface area contributed by atoms with Crippen LogP contribution in [0, 0.1) is 0 Å². The summed E-state index contributed by atoms with van der Waals surface area (Å²) in [6.07, 6.45) is -6.08. The third-order valence-corrected chi connectivity index (χ3v) is 5.60. The first-order valence-electron chi connectivity index (χ1n) is 12.1. The molecule has 6 N–H and O–H groups in total. The Morgan fingerprint density at radius 2 is 1.64 bits per heavy atom. The predicted octanol–water partition coefficient (Wildman–Crippen LogP) is -0.278. The lowest BCUT2D eigenvalue weighted by atomic mass is 9.90. The van der Waals surface area contributed by atoms with E-state index in [2.05, 4.69) is 10.6 Å². The van der Waals surface area contributed by atoms with Gasteiger partial charge < -0.3 is 45.5 Å². The minimum absolute atomic E-state index is 0.229. The summed E-state index contributed by atoms with van der Waals surface area (Å²) in [4.78, 5) is 35.7. The van der Waals surface area contributed by atoms with Gasteiger partial charge in [-0.1, -0.05) is 0 Å². The smallest absolute Gasteiger partial charge is 0.217 e. The lowest BCUT2D eigenvalue weighted by Gasteiger charge is -2.43. The van der Waals surface area contributed by atoms with Crippen LogP contribution in [0.25, 0.3) is 0 Å². The van der Waals surface area contributed by atoms with Gasteiger partial charge in [-0.2, -0.15) is 0 Å². The fourth-order valence-corrected chi connectivity index (χ4v) is 4.16. The number of amides is 2. The van der Waals surface area contributed by atoms with Crippen LogP contribution in [0.3, 0.4) is 0 Å². The summed E-state index contributed by atoms with van der Waals surface area (Å²) in [6, 6.07) is -1.98. The first-order chi connectivity index (χ1) is 16.3. The van der Waals surface area contributed by atoms with Crippen molar-refractivity contribution in [2.75, 3.05) is 6.61 Å². The maximum absolute atomic E-state index is 12.1. The van der Waals surface area contributed by atoms with Crippen molar-refractivity contribution in [2.45, 2.75) is 129 Å². The molecule has 0 aromatic rings. The molecule has 2 amide bonds. The van der Waals surface area contributed by atoms with Crippen molar-refractivity contribution in [3.8, 4) is 0 Å². The molecule has 1 heterocycles. The number of Topliss-reactive ketones (excluding diaryl/α,β-unsaturated/α-hetero) is 1. The van der Waals surface area contributed by atoms with Crippen LogP contribution in [0.4, 0.5) is 0 Å². The molecule has 36 heavy (non-hydrogen) atoms. The highest BCUT2D eigenvalue weighted by molar-refractivity contribution is 5.80. The van der Waals surface area contributed by atoms with Gasteiger partial charge in [0, 0.05) is 19.4 Å². The number of rotatable bonds is 13. The summed E-state index contributed by atoms with van der Waals surface area (Å²) >= 11 is 0. The fourth-order valence-electron chi connectivity index (χ4n) is 4.16. The number of nitrogens with two attached hydrogens (primary N) is 1. The van der Waals surface area contributed by atoms with Gasteiger partial charge in [0.2, 0.25) is 11.8 Å². The largest absolute Gasteiger partial charge is 0.388 e. The number of hydrogen-bond acceptors (Lipinski definition) is 10. The number of hydrogen-bond donors (Lipinski definition) is 5. The SMILES string of the molecule is CC(=O)NC1C(OC[C@H](NC(C)=O)C(OC(C)C(C)=O)OC(C)(C)CC(C)(C)N)OC(C)C(O)C1O. The van der Waals surface area contributed by atoms with E-state index in [4.69, 9.17) is 24.7 Å². The van der Waals surface area contributed by atoms with Crippen LogP contribution in [0.1, 0.15) is 68.7 Å². The summed E-state index contributed by atoms with van der Waals surface area (Å²) in [5, 5.41) is 25.9. The molecule has 0 aromatic carbocycles. The van der Waals surface area contributed by atoms with Crippen molar-refractivity contribution in [2.24, 2.45) is 5.73 Å². The van der Waals surface area contributed by atoms with Crippen molar-refractivity contribution >= 4 is 17.6 Å². The van der Waals surface area contributed by atoms with E-state index in [0.29, 0.717) is 6.42 Å². The Bertz CT molecular complexity index is 756. The predicted molar refractivity (Wildman–Crippen MR) is 131 cm³/mol. The molecule has 0 aliphatic carbocycles. The highest BCUT2D eigenvalue weighted by atomic mass is 16.7. The van der Waals surface area contributed by atoms with Crippen LogP contribution in [-0.4, -0.2) is 94.6 Å². The monoisotopic (exact) mass is 519 g/mol. The van der Waals surface area contributed by atoms with E-state index in [1.807, 2.05) is 27.7 Å². The van der Waals surface area contributed by atoms with E-state index < -0.39 is 72.0 Å². The van der Waals surface area contributed by atoms with Gasteiger partial charge in [0.25, 0.3) is 0 Å². The second kappa shape index (κ2) is 13.2. The molecule has 1 aliphatic rings. The first kappa shape index (κ1) is 32.4. The van der Waals surface area contributed by atoms with Gasteiger partial charge in [-0.25, -0.2) is 0 Å². The number of nitrogens with one attached hydrogen (secondary N) is 2. The molecule has 1 saturated heterocycles. The average molecular weight is 520 g/mol. The van der Waals surface area contributed by atoms with E-state index in [1.54, 1.807) is 13.8 Å². The molecule has 1 aliphatic heterocycles. The number of ketones is 1. The second-order valence-electron chi connectivity index (χ2n) is 10.9. The van der Waals surface area contributed by atoms with Crippen LogP contribution in [-0.2, 0) is 33.3 Å². The maximum Gasteiger partial charge on any atom is 0.217 e.